The van der Waals surface area contributed by atoms with E-state index in [1.807, 2.05) is 34.6 Å². The summed E-state index contributed by atoms with van der Waals surface area (Å²) < 4.78 is 0. The summed E-state index contributed by atoms with van der Waals surface area (Å²) in [5, 5.41) is 5.76. The van der Waals surface area contributed by atoms with Crippen molar-refractivity contribution in [2.45, 2.75) is 46.1 Å². The first-order valence-corrected chi connectivity index (χ1v) is 6.37. The minimum Gasteiger partial charge on any atom is -0.384 e. The number of nitrogens with zero attached hydrogens (tertiary/aromatic N) is 2. The van der Waals surface area contributed by atoms with E-state index < -0.39 is 0 Å². The van der Waals surface area contributed by atoms with Crippen LogP contribution in [-0.2, 0) is 10.2 Å². The first kappa shape index (κ1) is 15.2. The molecule has 0 aliphatic heterocycles. The highest BCUT2D eigenvalue weighted by molar-refractivity contribution is 5.80. The molecule has 0 radical (unpaired) electrons. The van der Waals surface area contributed by atoms with Crippen LogP contribution >= 0.6 is 0 Å². The van der Waals surface area contributed by atoms with Gasteiger partial charge in [-0.25, -0.2) is 9.97 Å². The van der Waals surface area contributed by atoms with E-state index in [2.05, 4.69) is 20.6 Å². The van der Waals surface area contributed by atoms with Crippen LogP contribution in [0.3, 0.4) is 0 Å². The highest BCUT2D eigenvalue weighted by Gasteiger charge is 2.18. The van der Waals surface area contributed by atoms with Crippen molar-refractivity contribution in [2.75, 3.05) is 17.6 Å². The van der Waals surface area contributed by atoms with Gasteiger partial charge in [-0.2, -0.15) is 0 Å². The standard InChI is InChI=1S/C13H23N5O/c1-8(2)16-11(19)7-15-10-6-9(14)17-12(18-10)13(3,4)5/h6,8H,7H2,1-5H3,(H,16,19)(H3,14,15,17,18). The van der Waals surface area contributed by atoms with Crippen LogP contribution in [0.2, 0.25) is 0 Å². The van der Waals surface area contributed by atoms with Crippen LogP contribution < -0.4 is 16.4 Å². The highest BCUT2D eigenvalue weighted by atomic mass is 16.1. The van der Waals surface area contributed by atoms with Gasteiger partial charge in [0.05, 0.1) is 6.54 Å². The Kier molecular flexibility index (Phi) is 4.69. The average molecular weight is 265 g/mol. The van der Waals surface area contributed by atoms with E-state index in [1.165, 1.54) is 0 Å². The molecular weight excluding hydrogens is 242 g/mol. The third-order valence-corrected chi connectivity index (χ3v) is 2.30. The molecule has 0 unspecified atom stereocenters. The van der Waals surface area contributed by atoms with Crippen molar-refractivity contribution < 1.29 is 4.79 Å². The number of nitrogen functional groups attached to an aromatic ring is 1. The Hall–Kier alpha value is -1.85. The number of hydrogen-bond donors (Lipinski definition) is 3. The molecule has 0 fully saturated rings. The average Bonchev–Trinajstić information content (AvgIpc) is 2.23. The number of nitrogens with two attached hydrogens (primary N) is 1. The third kappa shape index (κ3) is 5.11. The summed E-state index contributed by atoms with van der Waals surface area (Å²) >= 11 is 0. The quantitative estimate of drug-likeness (QED) is 0.763. The molecule has 106 valence electrons. The molecule has 1 heterocycles. The Morgan fingerprint density at radius 1 is 1.37 bits per heavy atom. The van der Waals surface area contributed by atoms with Crippen LogP contribution in [0.4, 0.5) is 11.6 Å². The number of carbonyl (C=O) groups is 1. The van der Waals surface area contributed by atoms with Crippen molar-refractivity contribution in [3.05, 3.63) is 11.9 Å². The summed E-state index contributed by atoms with van der Waals surface area (Å²) in [7, 11) is 0. The summed E-state index contributed by atoms with van der Waals surface area (Å²) in [6.07, 6.45) is 0. The lowest BCUT2D eigenvalue weighted by atomic mass is 9.96. The van der Waals surface area contributed by atoms with E-state index in [4.69, 9.17) is 5.73 Å². The second kappa shape index (κ2) is 5.86. The van der Waals surface area contributed by atoms with Gasteiger partial charge >= 0.3 is 0 Å². The predicted molar refractivity (Wildman–Crippen MR) is 76.9 cm³/mol. The molecule has 0 saturated heterocycles. The summed E-state index contributed by atoms with van der Waals surface area (Å²) in [6, 6.07) is 1.74. The molecule has 1 amide bonds. The largest absolute Gasteiger partial charge is 0.384 e. The molecule has 1 rings (SSSR count). The van der Waals surface area contributed by atoms with Crippen LogP contribution in [0.1, 0.15) is 40.4 Å². The van der Waals surface area contributed by atoms with Crippen LogP contribution in [-0.4, -0.2) is 28.5 Å². The van der Waals surface area contributed by atoms with Gasteiger partial charge in [0.15, 0.2) is 0 Å². The second-order valence-electron chi connectivity index (χ2n) is 5.83. The number of amides is 1. The first-order chi connectivity index (χ1) is 8.68. The minimum atomic E-state index is -0.188. The summed E-state index contributed by atoms with van der Waals surface area (Å²) in [4.78, 5) is 20.1. The van der Waals surface area contributed by atoms with Gasteiger partial charge in [-0.05, 0) is 13.8 Å². The maximum Gasteiger partial charge on any atom is 0.239 e. The van der Waals surface area contributed by atoms with Gasteiger partial charge in [-0.1, -0.05) is 20.8 Å². The van der Waals surface area contributed by atoms with Crippen LogP contribution in [0.5, 0.6) is 0 Å². The van der Waals surface area contributed by atoms with Crippen molar-refractivity contribution in [1.29, 1.82) is 0 Å². The van der Waals surface area contributed by atoms with E-state index in [-0.39, 0.29) is 23.9 Å². The van der Waals surface area contributed by atoms with Crippen molar-refractivity contribution in [1.82, 2.24) is 15.3 Å². The zero-order valence-electron chi connectivity index (χ0n) is 12.2. The molecule has 0 spiro atoms. The van der Waals surface area contributed by atoms with Crippen LogP contribution in [0, 0.1) is 0 Å². The summed E-state index contributed by atoms with van der Waals surface area (Å²) in [6.45, 7) is 10.0. The molecular formula is C13H23N5O. The van der Waals surface area contributed by atoms with E-state index in [0.29, 0.717) is 17.5 Å². The zero-order valence-corrected chi connectivity index (χ0v) is 12.2. The summed E-state index contributed by atoms with van der Waals surface area (Å²) in [5.41, 5.74) is 5.56. The monoisotopic (exact) mass is 265 g/mol. The smallest absolute Gasteiger partial charge is 0.239 e. The molecule has 1 aromatic heterocycles. The fourth-order valence-corrected chi connectivity index (χ4v) is 1.44. The molecule has 19 heavy (non-hydrogen) atoms. The summed E-state index contributed by atoms with van der Waals surface area (Å²) in [5.74, 6) is 1.53. The second-order valence-corrected chi connectivity index (χ2v) is 5.83. The number of aromatic nitrogens is 2. The Morgan fingerprint density at radius 2 is 2.00 bits per heavy atom. The molecule has 0 aromatic carbocycles. The molecule has 0 aliphatic rings. The van der Waals surface area contributed by atoms with Gasteiger partial charge in [0, 0.05) is 17.5 Å². The van der Waals surface area contributed by atoms with Gasteiger partial charge in [0.2, 0.25) is 5.91 Å². The van der Waals surface area contributed by atoms with Gasteiger partial charge in [-0.15, -0.1) is 0 Å². The van der Waals surface area contributed by atoms with E-state index >= 15 is 0 Å². The number of carbonyl (C=O) groups excluding carboxylic acids is 1. The number of rotatable bonds is 4. The van der Waals surface area contributed by atoms with Crippen molar-refractivity contribution >= 4 is 17.5 Å². The Bertz CT molecular complexity index is 451. The molecule has 0 aliphatic carbocycles. The number of nitrogens with one attached hydrogen (secondary N) is 2. The zero-order chi connectivity index (χ0) is 14.6. The lowest BCUT2D eigenvalue weighted by Gasteiger charge is -2.18. The molecule has 4 N–H and O–H groups in total. The Morgan fingerprint density at radius 3 is 2.53 bits per heavy atom. The predicted octanol–water partition coefficient (Wildman–Crippen LogP) is 1.29. The highest BCUT2D eigenvalue weighted by Crippen LogP contribution is 2.20. The van der Waals surface area contributed by atoms with Crippen molar-refractivity contribution in [3.8, 4) is 0 Å². The van der Waals surface area contributed by atoms with Gasteiger partial charge < -0.3 is 16.4 Å². The molecule has 0 atom stereocenters. The van der Waals surface area contributed by atoms with Crippen molar-refractivity contribution in [2.24, 2.45) is 0 Å². The Labute approximate surface area is 114 Å². The first-order valence-electron chi connectivity index (χ1n) is 6.37. The normalized spacial score (nSPS) is 11.5. The maximum atomic E-state index is 11.5. The van der Waals surface area contributed by atoms with E-state index in [9.17, 15) is 4.79 Å². The lowest BCUT2D eigenvalue weighted by Crippen LogP contribution is -2.35. The maximum absolute atomic E-state index is 11.5. The van der Waals surface area contributed by atoms with Gasteiger partial charge in [0.1, 0.15) is 17.5 Å². The minimum absolute atomic E-state index is 0.0792. The van der Waals surface area contributed by atoms with Gasteiger partial charge in [0.25, 0.3) is 0 Å². The molecule has 6 heteroatoms. The lowest BCUT2D eigenvalue weighted by molar-refractivity contribution is -0.119. The third-order valence-electron chi connectivity index (χ3n) is 2.30. The van der Waals surface area contributed by atoms with Crippen LogP contribution in [0.25, 0.3) is 0 Å². The van der Waals surface area contributed by atoms with Crippen LogP contribution in [0.15, 0.2) is 6.07 Å². The topological polar surface area (TPSA) is 92.9 Å². The molecule has 1 aromatic rings. The fourth-order valence-electron chi connectivity index (χ4n) is 1.44. The molecule has 0 bridgehead atoms. The number of hydrogen-bond acceptors (Lipinski definition) is 5. The van der Waals surface area contributed by atoms with Gasteiger partial charge in [-0.3, -0.25) is 4.79 Å². The van der Waals surface area contributed by atoms with E-state index in [0.717, 1.165) is 0 Å². The molecule has 0 saturated carbocycles. The SMILES string of the molecule is CC(C)NC(=O)CNc1cc(N)nc(C(C)(C)C)n1. The molecule has 6 nitrogen and oxygen atoms in total. The van der Waals surface area contributed by atoms with Crippen molar-refractivity contribution in [3.63, 3.8) is 0 Å². The number of anilines is 2. The van der Waals surface area contributed by atoms with E-state index in [1.54, 1.807) is 6.07 Å². The Balaban J connectivity index is 2.74. The fraction of sp³-hybridized carbons (Fsp3) is 0.615.